The van der Waals surface area contributed by atoms with Crippen molar-refractivity contribution in [3.63, 3.8) is 0 Å². The number of aryl methyl sites for hydroxylation is 2. The molecule has 3 nitrogen and oxygen atoms in total. The summed E-state index contributed by atoms with van der Waals surface area (Å²) < 4.78 is 0. The fourth-order valence-corrected chi connectivity index (χ4v) is 2.89. The third-order valence-corrected chi connectivity index (χ3v) is 4.08. The summed E-state index contributed by atoms with van der Waals surface area (Å²) in [5.74, 6) is 0. The highest BCUT2D eigenvalue weighted by atomic mass is 14.8. The molecule has 0 N–H and O–H groups in total. The molecule has 108 valence electrons. The Labute approximate surface area is 129 Å². The van der Waals surface area contributed by atoms with E-state index in [9.17, 15) is 0 Å². The predicted molar refractivity (Wildman–Crippen MR) is 89.8 cm³/mol. The summed E-state index contributed by atoms with van der Waals surface area (Å²) >= 11 is 0. The van der Waals surface area contributed by atoms with Crippen molar-refractivity contribution in [2.45, 2.75) is 26.2 Å². The van der Waals surface area contributed by atoms with Gasteiger partial charge in [0.05, 0.1) is 22.4 Å². The number of benzene rings is 2. The van der Waals surface area contributed by atoms with E-state index in [0.29, 0.717) is 0 Å². The lowest BCUT2D eigenvalue weighted by Gasteiger charge is -2.02. The first-order valence-corrected chi connectivity index (χ1v) is 7.64. The minimum atomic E-state index is 0.892. The van der Waals surface area contributed by atoms with Crippen LogP contribution in [-0.4, -0.2) is 15.7 Å². The van der Waals surface area contributed by atoms with Crippen molar-refractivity contribution < 1.29 is 0 Å². The van der Waals surface area contributed by atoms with Crippen LogP contribution in [0.15, 0.2) is 53.7 Å². The highest BCUT2D eigenvalue weighted by Crippen LogP contribution is 2.28. The molecule has 2 aromatic carbocycles. The Hall–Kier alpha value is -2.55. The van der Waals surface area contributed by atoms with E-state index in [0.717, 1.165) is 41.7 Å². The molecule has 0 spiro atoms. The molecule has 0 saturated carbocycles. The molecule has 0 bridgehead atoms. The maximum absolute atomic E-state index is 4.76. The molecule has 0 atom stereocenters. The van der Waals surface area contributed by atoms with Crippen LogP contribution in [0.5, 0.6) is 0 Å². The van der Waals surface area contributed by atoms with E-state index in [1.54, 1.807) is 0 Å². The van der Waals surface area contributed by atoms with Crippen LogP contribution < -0.4 is 0 Å². The van der Waals surface area contributed by atoms with E-state index >= 15 is 0 Å². The molecular weight excluding hydrogens is 270 g/mol. The van der Waals surface area contributed by atoms with Gasteiger partial charge in [0.1, 0.15) is 0 Å². The van der Waals surface area contributed by atoms with Crippen molar-refractivity contribution in [2.24, 2.45) is 4.99 Å². The molecule has 0 amide bonds. The topological polar surface area (TPSA) is 38.1 Å². The molecule has 1 aliphatic heterocycles. The molecule has 0 unspecified atom stereocenters. The van der Waals surface area contributed by atoms with Crippen LogP contribution >= 0.6 is 0 Å². The zero-order valence-corrected chi connectivity index (χ0v) is 12.6. The predicted octanol–water partition coefficient (Wildman–Crippen LogP) is 4.20. The maximum atomic E-state index is 4.76. The zero-order chi connectivity index (χ0) is 14.9. The Morgan fingerprint density at radius 3 is 2.77 bits per heavy atom. The van der Waals surface area contributed by atoms with Crippen LogP contribution in [0.4, 0.5) is 5.69 Å². The minimum absolute atomic E-state index is 0.892. The van der Waals surface area contributed by atoms with Crippen LogP contribution in [0.25, 0.3) is 11.0 Å². The van der Waals surface area contributed by atoms with E-state index in [4.69, 9.17) is 4.99 Å². The lowest BCUT2D eigenvalue weighted by atomic mass is 10.0. The van der Waals surface area contributed by atoms with Crippen molar-refractivity contribution in [1.82, 2.24) is 9.97 Å². The summed E-state index contributed by atoms with van der Waals surface area (Å²) in [6, 6.07) is 14.5. The molecule has 2 heterocycles. The summed E-state index contributed by atoms with van der Waals surface area (Å²) in [7, 11) is 0. The van der Waals surface area contributed by atoms with E-state index in [1.807, 2.05) is 30.5 Å². The number of hydrogen-bond acceptors (Lipinski definition) is 3. The van der Waals surface area contributed by atoms with Crippen molar-refractivity contribution >= 4 is 22.4 Å². The first-order chi connectivity index (χ1) is 10.8. The molecule has 0 aliphatic carbocycles. The lowest BCUT2D eigenvalue weighted by Crippen LogP contribution is -2.02. The lowest BCUT2D eigenvalue weighted by molar-refractivity contribution is 0.959. The number of para-hydroxylation sites is 2. The average molecular weight is 287 g/mol. The Balaban J connectivity index is 1.50. The van der Waals surface area contributed by atoms with E-state index in [-0.39, 0.29) is 0 Å². The van der Waals surface area contributed by atoms with Crippen molar-refractivity contribution in [3.8, 4) is 0 Å². The second-order valence-electron chi connectivity index (χ2n) is 5.84. The van der Waals surface area contributed by atoms with Gasteiger partial charge in [0.15, 0.2) is 0 Å². The van der Waals surface area contributed by atoms with Gasteiger partial charge in [0, 0.05) is 18.3 Å². The Morgan fingerprint density at radius 1 is 1.00 bits per heavy atom. The van der Waals surface area contributed by atoms with Gasteiger partial charge in [-0.05, 0) is 49.1 Å². The highest BCUT2D eigenvalue weighted by molar-refractivity contribution is 5.94. The standard InChI is InChI=1S/C19H17N3/c1-13-6-7-14-11-15(21-19(14)10-13)8-9-16-12-20-17-4-2-3-5-18(17)22-16/h2-7,10,12H,8-9,11H2,1H3. The second kappa shape index (κ2) is 5.34. The van der Waals surface area contributed by atoms with Crippen molar-refractivity contribution in [3.05, 3.63) is 65.5 Å². The largest absolute Gasteiger partial charge is 0.257 e. The van der Waals surface area contributed by atoms with Crippen molar-refractivity contribution in [1.29, 1.82) is 0 Å². The molecule has 4 rings (SSSR count). The molecule has 1 aliphatic rings. The number of aliphatic imine (C=N–C) groups is 1. The molecule has 0 radical (unpaired) electrons. The second-order valence-corrected chi connectivity index (χ2v) is 5.84. The van der Waals surface area contributed by atoms with E-state index < -0.39 is 0 Å². The van der Waals surface area contributed by atoms with Gasteiger partial charge >= 0.3 is 0 Å². The first kappa shape index (κ1) is 13.1. The monoisotopic (exact) mass is 287 g/mol. The van der Waals surface area contributed by atoms with Crippen LogP contribution in [0.2, 0.25) is 0 Å². The fraction of sp³-hybridized carbons (Fsp3) is 0.211. The van der Waals surface area contributed by atoms with Crippen molar-refractivity contribution in [2.75, 3.05) is 0 Å². The van der Waals surface area contributed by atoms with E-state index in [2.05, 4.69) is 35.1 Å². The molecule has 3 heteroatoms. The van der Waals surface area contributed by atoms with Gasteiger partial charge in [0.2, 0.25) is 0 Å². The van der Waals surface area contributed by atoms with Gasteiger partial charge in [0.25, 0.3) is 0 Å². The molecule has 22 heavy (non-hydrogen) atoms. The molecule has 0 saturated heterocycles. The van der Waals surface area contributed by atoms with Crippen LogP contribution in [-0.2, 0) is 12.8 Å². The summed E-state index contributed by atoms with van der Waals surface area (Å²) in [4.78, 5) is 13.9. The SMILES string of the molecule is Cc1ccc2c(c1)N=C(CCc1cnc3ccccc3n1)C2. The smallest absolute Gasteiger partial charge is 0.0890 e. The third-order valence-electron chi connectivity index (χ3n) is 4.08. The number of hydrogen-bond donors (Lipinski definition) is 0. The number of fused-ring (bicyclic) bond motifs is 2. The fourth-order valence-electron chi connectivity index (χ4n) is 2.89. The van der Waals surface area contributed by atoms with Gasteiger partial charge in [-0.3, -0.25) is 9.98 Å². The number of aromatic nitrogens is 2. The van der Waals surface area contributed by atoms with Crippen LogP contribution in [0.3, 0.4) is 0 Å². The average Bonchev–Trinajstić information content (AvgIpc) is 2.94. The summed E-state index contributed by atoms with van der Waals surface area (Å²) in [6.07, 6.45) is 4.69. The summed E-state index contributed by atoms with van der Waals surface area (Å²) in [5, 5.41) is 0. The Morgan fingerprint density at radius 2 is 1.86 bits per heavy atom. The van der Waals surface area contributed by atoms with Crippen LogP contribution in [0, 0.1) is 6.92 Å². The normalized spacial score (nSPS) is 13.2. The minimum Gasteiger partial charge on any atom is -0.257 e. The van der Waals surface area contributed by atoms with E-state index in [1.165, 1.54) is 16.8 Å². The maximum Gasteiger partial charge on any atom is 0.0890 e. The summed E-state index contributed by atoms with van der Waals surface area (Å²) in [6.45, 7) is 2.11. The highest BCUT2D eigenvalue weighted by Gasteiger charge is 2.14. The van der Waals surface area contributed by atoms with Gasteiger partial charge in [-0.15, -0.1) is 0 Å². The Bertz CT molecular complexity index is 881. The molecule has 0 fully saturated rings. The molecule has 1 aromatic heterocycles. The number of nitrogens with zero attached hydrogens (tertiary/aromatic N) is 3. The Kier molecular flexibility index (Phi) is 3.19. The van der Waals surface area contributed by atoms with Crippen LogP contribution in [0.1, 0.15) is 23.2 Å². The third kappa shape index (κ3) is 2.50. The number of rotatable bonds is 3. The molecule has 3 aromatic rings. The quantitative estimate of drug-likeness (QED) is 0.724. The molecular formula is C19H17N3. The first-order valence-electron chi connectivity index (χ1n) is 7.64. The zero-order valence-electron chi connectivity index (χ0n) is 12.6. The van der Waals surface area contributed by atoms with Gasteiger partial charge in [-0.2, -0.15) is 0 Å². The van der Waals surface area contributed by atoms with Gasteiger partial charge in [-0.25, -0.2) is 4.98 Å². The van der Waals surface area contributed by atoms with Gasteiger partial charge < -0.3 is 0 Å². The van der Waals surface area contributed by atoms with Gasteiger partial charge in [-0.1, -0.05) is 24.3 Å². The summed E-state index contributed by atoms with van der Waals surface area (Å²) in [5.41, 5.74) is 7.94.